The summed E-state index contributed by atoms with van der Waals surface area (Å²) in [4.78, 5) is 15.3. The van der Waals surface area contributed by atoms with Crippen LogP contribution in [0.4, 0.5) is 5.69 Å². The number of hydrogen-bond acceptors (Lipinski definition) is 5. The Labute approximate surface area is 246 Å². The summed E-state index contributed by atoms with van der Waals surface area (Å²) in [5.41, 5.74) is 13.0. The molecule has 8 heteroatoms. The van der Waals surface area contributed by atoms with Gasteiger partial charge in [-0.2, -0.15) is 5.26 Å². The SMILES string of the molecule is Cc1cc(C)c(C2C(C#N)=C(N)N(c3cc(Cl)cc(Cl)c3)C3=C2C(=O)CCC3)cc1COc1ccc(Br)cc1. The number of anilines is 1. The summed E-state index contributed by atoms with van der Waals surface area (Å²) < 4.78 is 7.05. The molecule has 1 heterocycles. The fourth-order valence-corrected chi connectivity index (χ4v) is 6.21. The predicted molar refractivity (Wildman–Crippen MR) is 159 cm³/mol. The van der Waals surface area contributed by atoms with Gasteiger partial charge in [0.25, 0.3) is 0 Å². The summed E-state index contributed by atoms with van der Waals surface area (Å²) in [6.07, 6.45) is 1.76. The third-order valence-corrected chi connectivity index (χ3v) is 8.23. The molecule has 0 saturated carbocycles. The Balaban J connectivity index is 1.63. The zero-order valence-corrected chi connectivity index (χ0v) is 24.6. The standard InChI is InChI=1S/C31H26BrCl2N3O2/c1-17-10-18(2)25(11-19(17)16-39-24-8-6-20(32)7-9-24)29-26(15-35)31(36)37(23-13-21(33)12-22(34)14-23)27-4-3-5-28(38)30(27)29/h6-14,29H,3-5,16,36H2,1-2H3. The Bertz CT molecular complexity index is 1570. The molecule has 0 aromatic heterocycles. The first kappa shape index (κ1) is 27.3. The molecule has 39 heavy (non-hydrogen) atoms. The van der Waals surface area contributed by atoms with Crippen LogP contribution in [-0.2, 0) is 11.4 Å². The number of aryl methyl sites for hydroxylation is 2. The molecule has 2 N–H and O–H groups in total. The monoisotopic (exact) mass is 621 g/mol. The molecule has 198 valence electrons. The highest BCUT2D eigenvalue weighted by molar-refractivity contribution is 9.10. The lowest BCUT2D eigenvalue weighted by Crippen LogP contribution is -2.39. The Morgan fingerprint density at radius 1 is 1.05 bits per heavy atom. The lowest BCUT2D eigenvalue weighted by atomic mass is 9.74. The van der Waals surface area contributed by atoms with Gasteiger partial charge >= 0.3 is 0 Å². The van der Waals surface area contributed by atoms with Crippen LogP contribution in [-0.4, -0.2) is 5.78 Å². The molecule has 0 bridgehead atoms. The number of nitrogens with two attached hydrogens (primary N) is 1. The van der Waals surface area contributed by atoms with Gasteiger partial charge in [0, 0.05) is 32.2 Å². The van der Waals surface area contributed by atoms with Crippen LogP contribution in [0.1, 0.15) is 47.4 Å². The van der Waals surface area contributed by atoms with Gasteiger partial charge < -0.3 is 10.5 Å². The second-order valence-corrected chi connectivity index (χ2v) is 11.6. The number of rotatable bonds is 5. The van der Waals surface area contributed by atoms with Gasteiger partial charge in [0.2, 0.25) is 0 Å². The zero-order valence-electron chi connectivity index (χ0n) is 21.5. The maximum Gasteiger partial charge on any atom is 0.161 e. The molecule has 2 aliphatic rings. The van der Waals surface area contributed by atoms with E-state index in [0.717, 1.165) is 38.2 Å². The topological polar surface area (TPSA) is 79.4 Å². The average Bonchev–Trinajstić information content (AvgIpc) is 2.88. The van der Waals surface area contributed by atoms with Crippen LogP contribution in [0.25, 0.3) is 0 Å². The number of nitrogens with zero attached hydrogens (tertiary/aromatic N) is 2. The molecule has 1 unspecified atom stereocenters. The second kappa shape index (κ2) is 11.1. The minimum absolute atomic E-state index is 0.0206. The van der Waals surface area contributed by atoms with Gasteiger partial charge in [0.15, 0.2) is 5.78 Å². The van der Waals surface area contributed by atoms with Crippen molar-refractivity contribution in [1.82, 2.24) is 0 Å². The first-order chi connectivity index (χ1) is 18.7. The van der Waals surface area contributed by atoms with Crippen molar-refractivity contribution < 1.29 is 9.53 Å². The number of carbonyl (C=O) groups is 1. The van der Waals surface area contributed by atoms with Crippen LogP contribution < -0.4 is 15.4 Å². The second-order valence-electron chi connectivity index (χ2n) is 9.82. The molecular weight excluding hydrogens is 597 g/mol. The number of hydrogen-bond donors (Lipinski definition) is 1. The van der Waals surface area contributed by atoms with Crippen LogP contribution in [0.15, 0.2) is 81.7 Å². The largest absolute Gasteiger partial charge is 0.489 e. The van der Waals surface area contributed by atoms with E-state index >= 15 is 0 Å². The van der Waals surface area contributed by atoms with E-state index in [2.05, 4.69) is 34.1 Å². The van der Waals surface area contributed by atoms with Crippen molar-refractivity contribution in [1.29, 1.82) is 5.26 Å². The molecule has 0 saturated heterocycles. The van der Waals surface area contributed by atoms with Crippen LogP contribution in [0.5, 0.6) is 5.75 Å². The third kappa shape index (κ3) is 5.32. The number of carbonyl (C=O) groups excluding carboxylic acids is 1. The predicted octanol–water partition coefficient (Wildman–Crippen LogP) is 8.26. The highest BCUT2D eigenvalue weighted by Crippen LogP contribution is 2.47. The highest BCUT2D eigenvalue weighted by atomic mass is 79.9. The highest BCUT2D eigenvalue weighted by Gasteiger charge is 2.41. The maximum atomic E-state index is 13.6. The summed E-state index contributed by atoms with van der Waals surface area (Å²) in [5, 5.41) is 11.3. The fourth-order valence-electron chi connectivity index (χ4n) is 5.44. The van der Waals surface area contributed by atoms with Gasteiger partial charge in [0.05, 0.1) is 23.2 Å². The van der Waals surface area contributed by atoms with Gasteiger partial charge in [-0.1, -0.05) is 51.3 Å². The molecule has 1 aliphatic heterocycles. The quantitative estimate of drug-likeness (QED) is 0.310. The first-order valence-electron chi connectivity index (χ1n) is 12.6. The van der Waals surface area contributed by atoms with Crippen molar-refractivity contribution >= 4 is 50.6 Å². The lowest BCUT2D eigenvalue weighted by Gasteiger charge is -2.40. The first-order valence-corrected chi connectivity index (χ1v) is 14.1. The Morgan fingerprint density at radius 3 is 2.41 bits per heavy atom. The van der Waals surface area contributed by atoms with Crippen molar-refractivity contribution in [3.8, 4) is 11.8 Å². The number of halogens is 3. The molecule has 0 radical (unpaired) electrons. The van der Waals surface area contributed by atoms with Gasteiger partial charge in [-0.05, 0) is 91.4 Å². The van der Waals surface area contributed by atoms with E-state index in [9.17, 15) is 10.1 Å². The van der Waals surface area contributed by atoms with Crippen molar-refractivity contribution in [3.63, 3.8) is 0 Å². The number of ketones is 1. The molecule has 1 atom stereocenters. The van der Waals surface area contributed by atoms with Crippen molar-refractivity contribution in [2.75, 3.05) is 4.90 Å². The molecule has 5 nitrogen and oxygen atoms in total. The number of benzene rings is 3. The van der Waals surface area contributed by atoms with Crippen molar-refractivity contribution in [3.05, 3.63) is 114 Å². The number of nitriles is 1. The minimum atomic E-state index is -0.573. The Kier molecular flexibility index (Phi) is 7.77. The van der Waals surface area contributed by atoms with E-state index in [1.807, 2.05) is 38.1 Å². The minimum Gasteiger partial charge on any atom is -0.489 e. The van der Waals surface area contributed by atoms with Gasteiger partial charge in [-0.25, -0.2) is 0 Å². The van der Waals surface area contributed by atoms with Crippen molar-refractivity contribution in [2.45, 2.75) is 45.6 Å². The van der Waals surface area contributed by atoms with Gasteiger partial charge in [-0.3, -0.25) is 9.69 Å². The Hall–Kier alpha value is -3.24. The van der Waals surface area contributed by atoms with Gasteiger partial charge in [-0.15, -0.1) is 0 Å². The average molecular weight is 623 g/mol. The molecule has 5 rings (SSSR count). The molecule has 3 aromatic carbocycles. The molecule has 0 fully saturated rings. The summed E-state index contributed by atoms with van der Waals surface area (Å²) >= 11 is 16.1. The smallest absolute Gasteiger partial charge is 0.161 e. The maximum absolute atomic E-state index is 13.6. The van der Waals surface area contributed by atoms with Crippen LogP contribution >= 0.6 is 39.1 Å². The van der Waals surface area contributed by atoms with E-state index in [0.29, 0.717) is 52.7 Å². The van der Waals surface area contributed by atoms with Crippen molar-refractivity contribution in [2.24, 2.45) is 5.73 Å². The summed E-state index contributed by atoms with van der Waals surface area (Å²) in [7, 11) is 0. The zero-order chi connectivity index (χ0) is 27.8. The van der Waals surface area contributed by atoms with E-state index in [-0.39, 0.29) is 11.6 Å². The van der Waals surface area contributed by atoms with E-state index < -0.39 is 5.92 Å². The van der Waals surface area contributed by atoms with E-state index in [1.54, 1.807) is 23.1 Å². The van der Waals surface area contributed by atoms with E-state index in [4.69, 9.17) is 33.7 Å². The molecule has 0 amide bonds. The van der Waals surface area contributed by atoms with Crippen LogP contribution in [0.3, 0.4) is 0 Å². The number of ether oxygens (including phenoxy) is 1. The van der Waals surface area contributed by atoms with Crippen LogP contribution in [0.2, 0.25) is 10.0 Å². The molecule has 1 aliphatic carbocycles. The summed E-state index contributed by atoms with van der Waals surface area (Å²) in [6, 6.07) is 19.3. The molecule has 0 spiro atoms. The summed E-state index contributed by atoms with van der Waals surface area (Å²) in [5.74, 6) is 0.479. The lowest BCUT2D eigenvalue weighted by molar-refractivity contribution is -0.116. The fraction of sp³-hybridized carbons (Fsp3) is 0.226. The summed E-state index contributed by atoms with van der Waals surface area (Å²) in [6.45, 7) is 4.39. The van der Waals surface area contributed by atoms with Crippen LogP contribution in [0, 0.1) is 25.2 Å². The molecule has 3 aromatic rings. The van der Waals surface area contributed by atoms with E-state index in [1.165, 1.54) is 0 Å². The number of allylic oxidation sites excluding steroid dienone is 3. The van der Waals surface area contributed by atoms with Gasteiger partial charge in [0.1, 0.15) is 18.2 Å². The normalized spacial score (nSPS) is 17.3. The third-order valence-electron chi connectivity index (χ3n) is 7.26. The molecular formula is C31H26BrCl2N3O2. The Morgan fingerprint density at radius 2 is 1.74 bits per heavy atom. The number of Topliss-reactive ketones (excluding diaryl/α,β-unsaturated/α-hetero) is 1.